The first-order chi connectivity index (χ1) is 10.6. The second-order valence-electron chi connectivity index (χ2n) is 4.68. The van der Waals surface area contributed by atoms with E-state index in [1.165, 1.54) is 0 Å². The lowest BCUT2D eigenvalue weighted by Gasteiger charge is -2.11. The van der Waals surface area contributed by atoms with E-state index in [4.69, 9.17) is 9.47 Å². The number of benzene rings is 2. The Balaban J connectivity index is 1.90. The van der Waals surface area contributed by atoms with E-state index in [0.29, 0.717) is 24.5 Å². The lowest BCUT2D eigenvalue weighted by atomic mass is 10.1. The molecular formula is C17H18BrNO3. The van der Waals surface area contributed by atoms with Gasteiger partial charge in [0.15, 0.2) is 17.3 Å². The Morgan fingerprint density at radius 2 is 1.73 bits per heavy atom. The van der Waals surface area contributed by atoms with E-state index in [9.17, 15) is 4.79 Å². The van der Waals surface area contributed by atoms with Gasteiger partial charge in [-0.25, -0.2) is 0 Å². The molecule has 22 heavy (non-hydrogen) atoms. The average molecular weight is 364 g/mol. The molecule has 0 aromatic heterocycles. The topological polar surface area (TPSA) is 47.6 Å². The number of halogens is 1. The minimum absolute atomic E-state index is 0.112. The molecule has 0 atom stereocenters. The smallest absolute Gasteiger partial charge is 0.164 e. The number of hydrogen-bond acceptors (Lipinski definition) is 4. The Hall–Kier alpha value is -2.01. The number of ketones is 1. The van der Waals surface area contributed by atoms with Gasteiger partial charge in [0.1, 0.15) is 0 Å². The van der Waals surface area contributed by atoms with Crippen molar-refractivity contribution in [1.29, 1.82) is 0 Å². The molecule has 0 fully saturated rings. The maximum atomic E-state index is 12.1. The van der Waals surface area contributed by atoms with Gasteiger partial charge >= 0.3 is 0 Å². The molecule has 0 aliphatic heterocycles. The summed E-state index contributed by atoms with van der Waals surface area (Å²) >= 11 is 3.36. The van der Waals surface area contributed by atoms with Crippen LogP contribution in [-0.4, -0.2) is 26.5 Å². The third-order valence-corrected chi connectivity index (χ3v) is 3.76. The zero-order chi connectivity index (χ0) is 15.9. The summed E-state index contributed by atoms with van der Waals surface area (Å²) in [7, 11) is 3.19. The number of anilines is 1. The summed E-state index contributed by atoms with van der Waals surface area (Å²) in [5, 5.41) is 3.22. The number of hydrogen-bond donors (Lipinski definition) is 1. The molecule has 0 amide bonds. The summed E-state index contributed by atoms with van der Waals surface area (Å²) < 4.78 is 11.4. The Morgan fingerprint density at radius 3 is 2.36 bits per heavy atom. The van der Waals surface area contributed by atoms with E-state index in [-0.39, 0.29) is 5.78 Å². The SMILES string of the molecule is COc1ccc(NCCC(=O)c2ccc(Br)cc2)cc1OC. The van der Waals surface area contributed by atoms with Gasteiger partial charge in [-0.3, -0.25) is 4.79 Å². The highest BCUT2D eigenvalue weighted by Crippen LogP contribution is 2.29. The van der Waals surface area contributed by atoms with E-state index in [1.54, 1.807) is 14.2 Å². The van der Waals surface area contributed by atoms with Crippen LogP contribution in [0.1, 0.15) is 16.8 Å². The van der Waals surface area contributed by atoms with E-state index in [1.807, 2.05) is 42.5 Å². The molecule has 0 saturated heterocycles. The van der Waals surface area contributed by atoms with Crippen LogP contribution in [0.25, 0.3) is 0 Å². The standard InChI is InChI=1S/C17H18BrNO3/c1-21-16-8-7-14(11-17(16)22-2)19-10-9-15(20)12-3-5-13(18)6-4-12/h3-8,11,19H,9-10H2,1-2H3. The van der Waals surface area contributed by atoms with Crippen molar-refractivity contribution in [3.8, 4) is 11.5 Å². The molecule has 0 radical (unpaired) electrons. The van der Waals surface area contributed by atoms with Gasteiger partial charge in [0, 0.05) is 34.8 Å². The number of methoxy groups -OCH3 is 2. The van der Waals surface area contributed by atoms with E-state index < -0.39 is 0 Å². The molecule has 0 spiro atoms. The summed E-state index contributed by atoms with van der Waals surface area (Å²) in [6.45, 7) is 0.560. The minimum Gasteiger partial charge on any atom is -0.493 e. The van der Waals surface area contributed by atoms with Crippen molar-refractivity contribution >= 4 is 27.4 Å². The highest BCUT2D eigenvalue weighted by Gasteiger charge is 2.07. The molecule has 0 bridgehead atoms. The van der Waals surface area contributed by atoms with Crippen LogP contribution in [0.3, 0.4) is 0 Å². The van der Waals surface area contributed by atoms with Gasteiger partial charge in [-0.05, 0) is 24.3 Å². The number of ether oxygens (including phenoxy) is 2. The van der Waals surface area contributed by atoms with Crippen molar-refractivity contribution in [2.45, 2.75) is 6.42 Å². The van der Waals surface area contributed by atoms with E-state index >= 15 is 0 Å². The Morgan fingerprint density at radius 1 is 1.05 bits per heavy atom. The normalized spacial score (nSPS) is 10.1. The summed E-state index contributed by atoms with van der Waals surface area (Å²) in [4.78, 5) is 12.1. The molecule has 0 aliphatic carbocycles. The largest absolute Gasteiger partial charge is 0.493 e. The Bertz CT molecular complexity index is 641. The second-order valence-corrected chi connectivity index (χ2v) is 5.59. The lowest BCUT2D eigenvalue weighted by molar-refractivity contribution is 0.0986. The third-order valence-electron chi connectivity index (χ3n) is 3.23. The molecule has 0 saturated carbocycles. The molecule has 5 heteroatoms. The minimum atomic E-state index is 0.112. The first-order valence-corrected chi connectivity index (χ1v) is 7.68. The summed E-state index contributed by atoms with van der Waals surface area (Å²) in [6, 6.07) is 13.0. The maximum Gasteiger partial charge on any atom is 0.164 e. The number of rotatable bonds is 7. The van der Waals surface area contributed by atoms with E-state index in [2.05, 4.69) is 21.2 Å². The molecule has 2 rings (SSSR count). The van der Waals surface area contributed by atoms with Crippen LogP contribution < -0.4 is 14.8 Å². The molecule has 0 heterocycles. The third kappa shape index (κ3) is 4.24. The van der Waals surface area contributed by atoms with Crippen molar-refractivity contribution in [2.24, 2.45) is 0 Å². The first-order valence-electron chi connectivity index (χ1n) is 6.88. The summed E-state index contributed by atoms with van der Waals surface area (Å²) in [5.74, 6) is 1.45. The van der Waals surface area contributed by atoms with Crippen LogP contribution in [0.4, 0.5) is 5.69 Å². The molecule has 4 nitrogen and oxygen atoms in total. The van der Waals surface area contributed by atoms with Gasteiger partial charge in [-0.15, -0.1) is 0 Å². The van der Waals surface area contributed by atoms with Crippen molar-refractivity contribution in [3.63, 3.8) is 0 Å². The molecule has 1 N–H and O–H groups in total. The monoisotopic (exact) mass is 363 g/mol. The predicted octanol–water partition coefficient (Wildman–Crippen LogP) is 4.15. The van der Waals surface area contributed by atoms with Gasteiger partial charge in [-0.1, -0.05) is 28.1 Å². The number of Topliss-reactive ketones (excluding diaryl/α,β-unsaturated/α-hetero) is 1. The Labute approximate surface area is 138 Å². The fourth-order valence-electron chi connectivity index (χ4n) is 2.05. The van der Waals surface area contributed by atoms with Crippen LogP contribution in [0.5, 0.6) is 11.5 Å². The fraction of sp³-hybridized carbons (Fsp3) is 0.235. The van der Waals surface area contributed by atoms with Crippen LogP contribution in [-0.2, 0) is 0 Å². The number of nitrogens with one attached hydrogen (secondary N) is 1. The molecular weight excluding hydrogens is 346 g/mol. The first kappa shape index (κ1) is 16.4. The molecule has 2 aromatic carbocycles. The summed E-state index contributed by atoms with van der Waals surface area (Å²) in [5.41, 5.74) is 1.61. The lowest BCUT2D eigenvalue weighted by Crippen LogP contribution is -2.09. The maximum absolute atomic E-state index is 12.1. The van der Waals surface area contributed by atoms with E-state index in [0.717, 1.165) is 15.7 Å². The van der Waals surface area contributed by atoms with Gasteiger partial charge < -0.3 is 14.8 Å². The van der Waals surface area contributed by atoms with Gasteiger partial charge in [0.25, 0.3) is 0 Å². The molecule has 116 valence electrons. The van der Waals surface area contributed by atoms with Gasteiger partial charge in [-0.2, -0.15) is 0 Å². The van der Waals surface area contributed by atoms with Gasteiger partial charge in [0.05, 0.1) is 14.2 Å². The Kier molecular flexibility index (Phi) is 5.83. The molecule has 2 aromatic rings. The fourth-order valence-corrected chi connectivity index (χ4v) is 2.31. The zero-order valence-electron chi connectivity index (χ0n) is 12.6. The van der Waals surface area contributed by atoms with Gasteiger partial charge in [0.2, 0.25) is 0 Å². The quantitative estimate of drug-likeness (QED) is 0.750. The number of carbonyl (C=O) groups excluding carboxylic acids is 1. The highest BCUT2D eigenvalue weighted by molar-refractivity contribution is 9.10. The van der Waals surface area contributed by atoms with Crippen molar-refractivity contribution < 1.29 is 14.3 Å². The zero-order valence-corrected chi connectivity index (χ0v) is 14.1. The number of carbonyl (C=O) groups is 1. The average Bonchev–Trinajstić information content (AvgIpc) is 2.55. The van der Waals surface area contributed by atoms with Crippen molar-refractivity contribution in [3.05, 3.63) is 52.5 Å². The van der Waals surface area contributed by atoms with Crippen LogP contribution in [0.2, 0.25) is 0 Å². The van der Waals surface area contributed by atoms with Crippen LogP contribution in [0.15, 0.2) is 46.9 Å². The van der Waals surface area contributed by atoms with Crippen molar-refractivity contribution in [1.82, 2.24) is 0 Å². The van der Waals surface area contributed by atoms with Crippen molar-refractivity contribution in [2.75, 3.05) is 26.1 Å². The molecule has 0 unspecified atom stereocenters. The second kappa shape index (κ2) is 7.84. The highest BCUT2D eigenvalue weighted by atomic mass is 79.9. The summed E-state index contributed by atoms with van der Waals surface area (Å²) in [6.07, 6.45) is 0.427. The molecule has 0 aliphatic rings. The predicted molar refractivity (Wildman–Crippen MR) is 91.1 cm³/mol. The van der Waals surface area contributed by atoms with Crippen LogP contribution in [0, 0.1) is 0 Å². The van der Waals surface area contributed by atoms with Crippen LogP contribution >= 0.6 is 15.9 Å².